The fourth-order valence-electron chi connectivity index (χ4n) is 2.41. The number of benzene rings is 1. The Balaban J connectivity index is 1.85. The van der Waals surface area contributed by atoms with Crippen LogP contribution in [-0.4, -0.2) is 39.7 Å². The molecular formula is C17H23N3O3. The molecule has 0 aliphatic carbocycles. The lowest BCUT2D eigenvalue weighted by atomic mass is 10.1. The zero-order valence-electron chi connectivity index (χ0n) is 13.5. The highest BCUT2D eigenvalue weighted by Gasteiger charge is 2.09. The van der Waals surface area contributed by atoms with Gasteiger partial charge in [0.05, 0.1) is 6.10 Å². The highest BCUT2D eigenvalue weighted by atomic mass is 16.3. The molecule has 0 aliphatic rings. The Bertz CT molecular complexity index is 705. The number of aliphatic hydroxyl groups is 1. The van der Waals surface area contributed by atoms with Crippen LogP contribution in [0.2, 0.25) is 0 Å². The van der Waals surface area contributed by atoms with E-state index >= 15 is 0 Å². The maximum Gasteiger partial charge on any atom is 0.328 e. The van der Waals surface area contributed by atoms with E-state index < -0.39 is 6.10 Å². The summed E-state index contributed by atoms with van der Waals surface area (Å²) in [5.41, 5.74) is 0.791. The molecule has 1 atom stereocenters. The molecule has 1 heterocycles. The molecule has 2 rings (SSSR count). The van der Waals surface area contributed by atoms with Gasteiger partial charge in [-0.15, -0.1) is 0 Å². The minimum absolute atomic E-state index is 0.288. The van der Waals surface area contributed by atoms with Crippen molar-refractivity contribution in [1.29, 1.82) is 0 Å². The van der Waals surface area contributed by atoms with Crippen molar-refractivity contribution in [3.05, 3.63) is 68.5 Å². The SMILES string of the molecule is Cc1cc(=O)n(CCN(C)CC[C@H](O)c2ccccc2)c(=O)[nH]1. The quantitative estimate of drug-likeness (QED) is 0.795. The molecule has 6 nitrogen and oxygen atoms in total. The molecule has 2 N–H and O–H groups in total. The Morgan fingerprint density at radius 1 is 1.22 bits per heavy atom. The minimum atomic E-state index is -0.510. The van der Waals surface area contributed by atoms with Gasteiger partial charge in [0.2, 0.25) is 0 Å². The number of aromatic nitrogens is 2. The van der Waals surface area contributed by atoms with Gasteiger partial charge in [0, 0.05) is 31.4 Å². The lowest BCUT2D eigenvalue weighted by Gasteiger charge is -2.19. The molecule has 0 bridgehead atoms. The molecule has 0 saturated heterocycles. The second-order valence-corrected chi connectivity index (χ2v) is 5.77. The topological polar surface area (TPSA) is 78.3 Å². The number of likely N-dealkylation sites (N-methyl/N-ethyl adjacent to an activating group) is 1. The summed E-state index contributed by atoms with van der Waals surface area (Å²) in [5.74, 6) is 0. The Morgan fingerprint density at radius 2 is 1.91 bits per heavy atom. The van der Waals surface area contributed by atoms with Crippen LogP contribution in [0.4, 0.5) is 0 Å². The van der Waals surface area contributed by atoms with Crippen LogP contribution in [0.15, 0.2) is 46.0 Å². The van der Waals surface area contributed by atoms with Crippen molar-refractivity contribution in [2.24, 2.45) is 0 Å². The standard InChI is InChI=1S/C17H23N3O3/c1-13-12-16(22)20(17(23)18-13)11-10-19(2)9-8-15(21)14-6-4-3-5-7-14/h3-7,12,15,21H,8-11H2,1-2H3,(H,18,23)/t15-/m0/s1. The van der Waals surface area contributed by atoms with E-state index in [-0.39, 0.29) is 11.2 Å². The molecule has 1 aromatic carbocycles. The second kappa shape index (κ2) is 7.89. The summed E-state index contributed by atoms with van der Waals surface area (Å²) >= 11 is 0. The molecule has 0 saturated carbocycles. The van der Waals surface area contributed by atoms with Crippen molar-refractivity contribution in [2.45, 2.75) is 26.0 Å². The second-order valence-electron chi connectivity index (χ2n) is 5.77. The first-order valence-corrected chi connectivity index (χ1v) is 7.69. The third kappa shape index (κ3) is 4.91. The first-order valence-electron chi connectivity index (χ1n) is 7.69. The van der Waals surface area contributed by atoms with E-state index in [0.29, 0.717) is 31.7 Å². The number of aromatic amines is 1. The Labute approximate surface area is 135 Å². The smallest absolute Gasteiger partial charge is 0.328 e. The largest absolute Gasteiger partial charge is 0.388 e. The van der Waals surface area contributed by atoms with Gasteiger partial charge >= 0.3 is 5.69 Å². The fourth-order valence-corrected chi connectivity index (χ4v) is 2.41. The summed E-state index contributed by atoms with van der Waals surface area (Å²) in [5, 5.41) is 10.1. The minimum Gasteiger partial charge on any atom is -0.388 e. The maximum absolute atomic E-state index is 11.8. The van der Waals surface area contributed by atoms with Gasteiger partial charge in [0.1, 0.15) is 0 Å². The van der Waals surface area contributed by atoms with Crippen molar-refractivity contribution < 1.29 is 5.11 Å². The molecule has 0 spiro atoms. The average Bonchev–Trinajstić information content (AvgIpc) is 2.52. The maximum atomic E-state index is 11.8. The van der Waals surface area contributed by atoms with Crippen molar-refractivity contribution >= 4 is 0 Å². The number of hydrogen-bond donors (Lipinski definition) is 2. The van der Waals surface area contributed by atoms with Crippen molar-refractivity contribution in [3.63, 3.8) is 0 Å². The van der Waals surface area contributed by atoms with E-state index in [1.54, 1.807) is 6.92 Å². The number of aryl methyl sites for hydroxylation is 1. The van der Waals surface area contributed by atoms with Crippen LogP contribution in [0, 0.1) is 6.92 Å². The molecule has 0 aliphatic heterocycles. The van der Waals surface area contributed by atoms with Gasteiger partial charge in [-0.3, -0.25) is 9.36 Å². The lowest BCUT2D eigenvalue weighted by Crippen LogP contribution is -2.38. The highest BCUT2D eigenvalue weighted by Crippen LogP contribution is 2.15. The Morgan fingerprint density at radius 3 is 2.57 bits per heavy atom. The molecule has 0 unspecified atom stereocenters. The average molecular weight is 317 g/mol. The summed E-state index contributed by atoms with van der Waals surface area (Å²) < 4.78 is 1.19. The van der Waals surface area contributed by atoms with Crippen molar-refractivity contribution in [1.82, 2.24) is 14.5 Å². The number of nitrogens with one attached hydrogen (secondary N) is 1. The van der Waals surface area contributed by atoms with Gasteiger partial charge in [0.25, 0.3) is 5.56 Å². The molecule has 2 aromatic rings. The zero-order chi connectivity index (χ0) is 16.8. The van der Waals surface area contributed by atoms with Crippen LogP contribution in [0.25, 0.3) is 0 Å². The Hall–Kier alpha value is -2.18. The van der Waals surface area contributed by atoms with E-state index in [4.69, 9.17) is 0 Å². The van der Waals surface area contributed by atoms with E-state index in [9.17, 15) is 14.7 Å². The van der Waals surface area contributed by atoms with Gasteiger partial charge in [-0.1, -0.05) is 30.3 Å². The van der Waals surface area contributed by atoms with E-state index in [1.165, 1.54) is 10.6 Å². The van der Waals surface area contributed by atoms with Crippen LogP contribution in [-0.2, 0) is 6.54 Å². The molecule has 1 aromatic heterocycles. The fraction of sp³-hybridized carbons (Fsp3) is 0.412. The number of nitrogens with zero attached hydrogens (tertiary/aromatic N) is 2. The predicted octanol–water partition coefficient (Wildman–Crippen LogP) is 0.901. The van der Waals surface area contributed by atoms with Crippen LogP contribution in [0.3, 0.4) is 0 Å². The molecule has 0 radical (unpaired) electrons. The summed E-state index contributed by atoms with van der Waals surface area (Å²) in [7, 11) is 1.91. The lowest BCUT2D eigenvalue weighted by molar-refractivity contribution is 0.148. The third-order valence-electron chi connectivity index (χ3n) is 3.83. The summed E-state index contributed by atoms with van der Waals surface area (Å²) in [6.07, 6.45) is 0.0868. The van der Waals surface area contributed by atoms with Crippen LogP contribution in [0.5, 0.6) is 0 Å². The van der Waals surface area contributed by atoms with Crippen molar-refractivity contribution in [3.8, 4) is 0 Å². The number of hydrogen-bond acceptors (Lipinski definition) is 4. The van der Waals surface area contributed by atoms with Gasteiger partial charge in [-0.05, 0) is 26.0 Å². The molecule has 124 valence electrons. The highest BCUT2D eigenvalue weighted by molar-refractivity contribution is 5.17. The molecular weight excluding hydrogens is 294 g/mol. The zero-order valence-corrected chi connectivity index (χ0v) is 13.5. The first-order chi connectivity index (χ1) is 11.0. The molecule has 6 heteroatoms. The number of H-pyrrole nitrogens is 1. The van der Waals surface area contributed by atoms with Gasteiger partial charge in [-0.2, -0.15) is 0 Å². The molecule has 0 fully saturated rings. The van der Waals surface area contributed by atoms with E-state index in [2.05, 4.69) is 4.98 Å². The van der Waals surface area contributed by atoms with Gasteiger partial charge in [0.15, 0.2) is 0 Å². The summed E-state index contributed by atoms with van der Waals surface area (Å²) in [6.45, 7) is 3.25. The number of rotatable bonds is 7. The molecule has 23 heavy (non-hydrogen) atoms. The van der Waals surface area contributed by atoms with E-state index in [1.807, 2.05) is 42.3 Å². The van der Waals surface area contributed by atoms with Gasteiger partial charge < -0.3 is 15.0 Å². The first kappa shape index (κ1) is 17.2. The van der Waals surface area contributed by atoms with Crippen molar-refractivity contribution in [2.75, 3.05) is 20.1 Å². The predicted molar refractivity (Wildman–Crippen MR) is 89.6 cm³/mol. The van der Waals surface area contributed by atoms with Crippen LogP contribution in [0.1, 0.15) is 23.8 Å². The molecule has 0 amide bonds. The third-order valence-corrected chi connectivity index (χ3v) is 3.83. The summed E-state index contributed by atoms with van der Waals surface area (Å²) in [6, 6.07) is 10.9. The number of aliphatic hydroxyl groups excluding tert-OH is 1. The van der Waals surface area contributed by atoms with Gasteiger partial charge in [-0.25, -0.2) is 4.79 Å². The van der Waals surface area contributed by atoms with E-state index in [0.717, 1.165) is 5.56 Å². The monoisotopic (exact) mass is 317 g/mol. The van der Waals surface area contributed by atoms with Crippen LogP contribution >= 0.6 is 0 Å². The normalized spacial score (nSPS) is 12.5. The van der Waals surface area contributed by atoms with Crippen LogP contribution < -0.4 is 11.2 Å². The summed E-state index contributed by atoms with van der Waals surface area (Å²) in [4.78, 5) is 28.2. The Kier molecular flexibility index (Phi) is 5.90.